The molecule has 1 aliphatic rings. The fourth-order valence-corrected chi connectivity index (χ4v) is 5.17. The van der Waals surface area contributed by atoms with Gasteiger partial charge in [-0.1, -0.05) is 24.3 Å². The Morgan fingerprint density at radius 1 is 1.04 bits per heavy atom. The van der Waals surface area contributed by atoms with Crippen molar-refractivity contribution in [3.8, 4) is 6.07 Å². The third-order valence-corrected chi connectivity index (χ3v) is 7.55. The molecule has 1 aromatic heterocycles. The van der Waals surface area contributed by atoms with Gasteiger partial charge in [0.1, 0.15) is 11.4 Å². The highest BCUT2D eigenvalue weighted by Crippen LogP contribution is 2.37. The van der Waals surface area contributed by atoms with Crippen molar-refractivity contribution in [2.75, 3.05) is 18.0 Å². The van der Waals surface area contributed by atoms with Crippen molar-refractivity contribution < 1.29 is 31.9 Å². The number of aromatic nitrogens is 2. The Labute approximate surface area is 252 Å². The first-order chi connectivity index (χ1) is 21.2. The number of anilines is 1. The summed E-state index contributed by atoms with van der Waals surface area (Å²) < 4.78 is 55.2. The second-order valence-electron chi connectivity index (χ2n) is 10.8. The maximum atomic E-state index is 14.7. The van der Waals surface area contributed by atoms with Gasteiger partial charge in [-0.15, -0.1) is 0 Å². The molecule has 0 radical (unpaired) electrons. The van der Waals surface area contributed by atoms with E-state index in [-0.39, 0.29) is 36.3 Å². The number of hydrogen-bond acceptors (Lipinski definition) is 6. The molecular formula is C31H24F4N6O4. The molecule has 14 heteroatoms. The van der Waals surface area contributed by atoms with Gasteiger partial charge in [-0.05, 0) is 55.8 Å². The Kier molecular flexibility index (Phi) is 7.88. The van der Waals surface area contributed by atoms with Crippen LogP contribution in [0.4, 0.5) is 28.0 Å². The number of rotatable bonds is 7. The van der Waals surface area contributed by atoms with Gasteiger partial charge in [0.2, 0.25) is 0 Å². The number of nitrogens with one attached hydrogen (secondary N) is 2. The lowest BCUT2D eigenvalue weighted by molar-refractivity contribution is -0.137. The lowest BCUT2D eigenvalue weighted by Gasteiger charge is -2.27. The van der Waals surface area contributed by atoms with Gasteiger partial charge < -0.3 is 10.2 Å². The number of H-pyrrole nitrogens is 1. The minimum atomic E-state index is -4.90. The average molecular weight is 621 g/mol. The smallest absolute Gasteiger partial charge is 0.350 e. The van der Waals surface area contributed by atoms with Crippen molar-refractivity contribution in [1.82, 2.24) is 20.4 Å². The van der Waals surface area contributed by atoms with Crippen molar-refractivity contribution in [1.29, 1.82) is 5.26 Å². The minimum Gasteiger partial charge on any atom is -0.350 e. The predicted molar refractivity (Wildman–Crippen MR) is 154 cm³/mol. The number of nitriles is 1. The number of hydrogen-bond donors (Lipinski definition) is 2. The number of nitrogens with zero attached hydrogens (tertiary/aromatic N) is 4. The SMILES string of the molecule is CC1(C)C(=O)N(c2ccc(C#N)c(C(F)(F)F)c2)C(=O)N1CCNC(=O)c1cc(Cc2n[nH]c(=O)c3ccccc23)ccc1F. The van der Waals surface area contributed by atoms with Crippen molar-refractivity contribution >= 4 is 34.3 Å². The van der Waals surface area contributed by atoms with E-state index in [0.29, 0.717) is 33.0 Å². The van der Waals surface area contributed by atoms with Gasteiger partial charge in [-0.2, -0.15) is 23.5 Å². The van der Waals surface area contributed by atoms with E-state index in [1.807, 2.05) is 0 Å². The van der Waals surface area contributed by atoms with Crippen LogP contribution >= 0.6 is 0 Å². The van der Waals surface area contributed by atoms with E-state index in [1.165, 1.54) is 32.0 Å². The number of imide groups is 1. The molecule has 5 rings (SSSR count). The van der Waals surface area contributed by atoms with Crippen molar-refractivity contribution in [3.05, 3.63) is 105 Å². The molecule has 0 spiro atoms. The summed E-state index contributed by atoms with van der Waals surface area (Å²) in [6, 6.07) is 13.8. The van der Waals surface area contributed by atoms with Crippen LogP contribution in [-0.4, -0.2) is 51.6 Å². The summed E-state index contributed by atoms with van der Waals surface area (Å²) in [4.78, 5) is 53.2. The van der Waals surface area contributed by atoms with E-state index in [4.69, 9.17) is 5.26 Å². The average Bonchev–Trinajstić information content (AvgIpc) is 3.17. The Morgan fingerprint density at radius 3 is 2.44 bits per heavy atom. The molecule has 1 saturated heterocycles. The van der Waals surface area contributed by atoms with Crippen molar-refractivity contribution in [3.63, 3.8) is 0 Å². The van der Waals surface area contributed by atoms with E-state index in [1.54, 1.807) is 24.3 Å². The van der Waals surface area contributed by atoms with Gasteiger partial charge in [-0.25, -0.2) is 19.2 Å². The maximum absolute atomic E-state index is 14.7. The highest BCUT2D eigenvalue weighted by Gasteiger charge is 2.52. The second kappa shape index (κ2) is 11.5. The zero-order valence-electron chi connectivity index (χ0n) is 23.8. The standard InChI is InChI=1S/C31H24F4N6O4/c1-30(2)28(44)41(19-9-8-18(16-36)23(15-19)31(33,34)35)29(45)40(30)12-11-37-26(42)22-13-17(7-10-24(22)32)14-25-20-5-3-4-6-21(20)27(43)39-38-25/h3-10,13,15H,11-12,14H2,1-2H3,(H,37,42)(H,39,43). The van der Waals surface area contributed by atoms with Gasteiger partial charge in [0, 0.05) is 24.9 Å². The topological polar surface area (TPSA) is 139 Å². The molecule has 4 amide bonds. The minimum absolute atomic E-state index is 0.178. The second-order valence-corrected chi connectivity index (χ2v) is 10.8. The first-order valence-electron chi connectivity index (χ1n) is 13.5. The largest absolute Gasteiger partial charge is 0.417 e. The maximum Gasteiger partial charge on any atom is 0.417 e. The number of amides is 4. The lowest BCUT2D eigenvalue weighted by atomic mass is 10.0. The van der Waals surface area contributed by atoms with Crippen molar-refractivity contribution in [2.24, 2.45) is 0 Å². The first kappa shape index (κ1) is 30.9. The molecule has 0 atom stereocenters. The molecule has 0 bridgehead atoms. The number of carbonyl (C=O) groups excluding carboxylic acids is 3. The fourth-order valence-electron chi connectivity index (χ4n) is 5.17. The number of alkyl halides is 3. The zero-order chi connectivity index (χ0) is 32.7. The van der Waals surface area contributed by atoms with E-state index in [2.05, 4.69) is 15.5 Å². The predicted octanol–water partition coefficient (Wildman–Crippen LogP) is 4.52. The van der Waals surface area contributed by atoms with Gasteiger partial charge >= 0.3 is 12.2 Å². The zero-order valence-corrected chi connectivity index (χ0v) is 23.8. The molecule has 0 saturated carbocycles. The highest BCUT2D eigenvalue weighted by atomic mass is 19.4. The summed E-state index contributed by atoms with van der Waals surface area (Å²) in [6.07, 6.45) is -4.72. The molecule has 1 fully saturated rings. The number of urea groups is 1. The summed E-state index contributed by atoms with van der Waals surface area (Å²) >= 11 is 0. The third kappa shape index (κ3) is 5.72. The summed E-state index contributed by atoms with van der Waals surface area (Å²) in [5.41, 5.74) is -3.42. The van der Waals surface area contributed by atoms with Gasteiger partial charge in [0.05, 0.1) is 39.5 Å². The van der Waals surface area contributed by atoms with Crippen LogP contribution < -0.4 is 15.8 Å². The van der Waals surface area contributed by atoms with E-state index >= 15 is 0 Å². The Bertz CT molecular complexity index is 1960. The summed E-state index contributed by atoms with van der Waals surface area (Å²) in [7, 11) is 0. The quantitative estimate of drug-likeness (QED) is 0.230. The van der Waals surface area contributed by atoms with Gasteiger partial charge in [0.25, 0.3) is 17.4 Å². The van der Waals surface area contributed by atoms with Crippen LogP contribution in [0.2, 0.25) is 0 Å². The molecule has 2 N–H and O–H groups in total. The number of aromatic amines is 1. The Hall–Kier alpha value is -5.58. The molecule has 3 aromatic carbocycles. The van der Waals surface area contributed by atoms with Crippen molar-refractivity contribution in [2.45, 2.75) is 32.0 Å². The van der Waals surface area contributed by atoms with E-state index in [9.17, 15) is 36.7 Å². The number of benzene rings is 3. The molecular weight excluding hydrogens is 596 g/mol. The monoisotopic (exact) mass is 620 g/mol. The van der Waals surface area contributed by atoms with Crippen LogP contribution in [0, 0.1) is 17.1 Å². The molecule has 0 aliphatic carbocycles. The molecule has 0 unspecified atom stereocenters. The van der Waals surface area contributed by atoms with Crippen LogP contribution in [0.15, 0.2) is 65.5 Å². The highest BCUT2D eigenvalue weighted by molar-refractivity contribution is 6.23. The molecule has 45 heavy (non-hydrogen) atoms. The number of fused-ring (bicyclic) bond motifs is 1. The molecule has 2 heterocycles. The third-order valence-electron chi connectivity index (χ3n) is 7.55. The first-order valence-corrected chi connectivity index (χ1v) is 13.5. The summed E-state index contributed by atoms with van der Waals surface area (Å²) in [5.74, 6) is -2.42. The summed E-state index contributed by atoms with van der Waals surface area (Å²) in [5, 5.41) is 19.1. The van der Waals surface area contributed by atoms with Crippen LogP contribution in [0.3, 0.4) is 0 Å². The Morgan fingerprint density at radius 2 is 1.76 bits per heavy atom. The lowest BCUT2D eigenvalue weighted by Crippen LogP contribution is -2.47. The van der Waals surface area contributed by atoms with Crippen LogP contribution in [0.1, 0.15) is 46.6 Å². The summed E-state index contributed by atoms with van der Waals surface area (Å²) in [6.45, 7) is 2.37. The van der Waals surface area contributed by atoms with E-state index < -0.39 is 46.5 Å². The van der Waals surface area contributed by atoms with E-state index in [0.717, 1.165) is 23.1 Å². The molecule has 230 valence electrons. The van der Waals surface area contributed by atoms with Gasteiger partial charge in [0.15, 0.2) is 0 Å². The molecule has 4 aromatic rings. The molecule has 10 nitrogen and oxygen atoms in total. The number of halogens is 4. The number of carbonyl (C=O) groups is 3. The van der Waals surface area contributed by atoms with Crippen LogP contribution in [-0.2, 0) is 17.4 Å². The van der Waals surface area contributed by atoms with Gasteiger partial charge in [-0.3, -0.25) is 14.4 Å². The fraction of sp³-hybridized carbons (Fsp3) is 0.226. The molecule has 1 aliphatic heterocycles. The van der Waals surface area contributed by atoms with Crippen LogP contribution in [0.25, 0.3) is 10.8 Å². The normalized spacial score (nSPS) is 14.6. The van der Waals surface area contributed by atoms with Crippen LogP contribution in [0.5, 0.6) is 0 Å². The Balaban J connectivity index is 1.30.